The number of hydrogen-bond donors (Lipinski definition) is 4. The Morgan fingerprint density at radius 2 is 2.23 bits per heavy atom. The van der Waals surface area contributed by atoms with Gasteiger partial charge in [0.05, 0.1) is 0 Å². The average Bonchev–Trinajstić information content (AvgIpc) is 2.03. The summed E-state index contributed by atoms with van der Waals surface area (Å²) < 4.78 is 0. The second-order valence-electron chi connectivity index (χ2n) is 2.97. The monoisotopic (exact) mass is 190 g/mol. The van der Waals surface area contributed by atoms with E-state index >= 15 is 0 Å². The van der Waals surface area contributed by atoms with E-state index in [-0.39, 0.29) is 19.1 Å². The minimum Gasteiger partial charge on any atom is -0.481 e. The summed E-state index contributed by atoms with van der Waals surface area (Å²) in [5.74, 6) is -0.776. The number of hydrogen-bond acceptors (Lipinski definition) is 4. The Balaban J connectivity index is 3.11. The van der Waals surface area contributed by atoms with E-state index in [1.165, 1.54) is 0 Å². The van der Waals surface area contributed by atoms with Gasteiger partial charge in [-0.1, -0.05) is 0 Å². The van der Waals surface area contributed by atoms with E-state index < -0.39 is 5.97 Å². The normalized spacial score (nSPS) is 12.8. The third-order valence-corrected chi connectivity index (χ3v) is 1.65. The van der Waals surface area contributed by atoms with Crippen molar-refractivity contribution >= 4 is 5.97 Å². The van der Waals surface area contributed by atoms with Crippen LogP contribution in [-0.2, 0) is 4.79 Å². The zero-order chi connectivity index (χ0) is 10.1. The summed E-state index contributed by atoms with van der Waals surface area (Å²) in [5, 5.41) is 19.9. The Morgan fingerprint density at radius 1 is 1.54 bits per heavy atom. The van der Waals surface area contributed by atoms with Crippen LogP contribution in [0.5, 0.6) is 0 Å². The lowest BCUT2D eigenvalue weighted by Gasteiger charge is -2.10. The maximum Gasteiger partial charge on any atom is 0.303 e. The van der Waals surface area contributed by atoms with Crippen LogP contribution in [0.25, 0.3) is 0 Å². The molecule has 5 heteroatoms. The summed E-state index contributed by atoms with van der Waals surface area (Å²) in [6, 6.07) is -0.0465. The topological polar surface area (TPSA) is 95.6 Å². The highest BCUT2D eigenvalue weighted by molar-refractivity contribution is 5.66. The van der Waals surface area contributed by atoms with Crippen LogP contribution in [0.1, 0.15) is 19.3 Å². The van der Waals surface area contributed by atoms with Crippen molar-refractivity contribution in [2.24, 2.45) is 5.73 Å². The molecule has 0 aliphatic heterocycles. The van der Waals surface area contributed by atoms with Gasteiger partial charge in [-0.2, -0.15) is 0 Å². The predicted octanol–water partition coefficient (Wildman–Crippen LogP) is -0.849. The van der Waals surface area contributed by atoms with Crippen LogP contribution in [0.2, 0.25) is 0 Å². The molecule has 0 saturated heterocycles. The van der Waals surface area contributed by atoms with E-state index in [1.54, 1.807) is 0 Å². The highest BCUT2D eigenvalue weighted by Crippen LogP contribution is 1.87. The lowest BCUT2D eigenvalue weighted by atomic mass is 10.2. The largest absolute Gasteiger partial charge is 0.481 e. The number of carboxylic acids is 1. The fraction of sp³-hybridized carbons (Fsp3) is 0.875. The minimum absolute atomic E-state index is 0.0465. The van der Waals surface area contributed by atoms with Gasteiger partial charge < -0.3 is 21.3 Å². The zero-order valence-electron chi connectivity index (χ0n) is 7.70. The van der Waals surface area contributed by atoms with Crippen molar-refractivity contribution in [3.05, 3.63) is 0 Å². The second kappa shape index (κ2) is 7.97. The Morgan fingerprint density at radius 3 is 2.77 bits per heavy atom. The number of rotatable bonds is 8. The molecular formula is C8H18N2O3. The molecule has 0 aromatic heterocycles. The van der Waals surface area contributed by atoms with E-state index in [0.29, 0.717) is 25.9 Å². The summed E-state index contributed by atoms with van der Waals surface area (Å²) in [6.07, 6.45) is 1.37. The van der Waals surface area contributed by atoms with Gasteiger partial charge in [-0.3, -0.25) is 4.79 Å². The molecule has 0 aromatic rings. The SMILES string of the molecule is NC(CCO)CNCCCC(=O)O. The molecule has 0 fully saturated rings. The van der Waals surface area contributed by atoms with Crippen LogP contribution in [0.4, 0.5) is 0 Å². The molecule has 1 atom stereocenters. The van der Waals surface area contributed by atoms with Crippen molar-refractivity contribution in [2.75, 3.05) is 19.7 Å². The lowest BCUT2D eigenvalue weighted by Crippen LogP contribution is -2.35. The summed E-state index contributed by atoms with van der Waals surface area (Å²) in [4.78, 5) is 10.1. The van der Waals surface area contributed by atoms with Gasteiger partial charge in [0.1, 0.15) is 0 Å². The van der Waals surface area contributed by atoms with Crippen LogP contribution in [0, 0.1) is 0 Å². The van der Waals surface area contributed by atoms with Crippen molar-refractivity contribution in [1.82, 2.24) is 5.32 Å². The van der Waals surface area contributed by atoms with Crippen molar-refractivity contribution in [1.29, 1.82) is 0 Å². The Kier molecular flexibility index (Phi) is 7.57. The predicted molar refractivity (Wildman–Crippen MR) is 49.4 cm³/mol. The number of aliphatic carboxylic acids is 1. The molecule has 0 radical (unpaired) electrons. The third-order valence-electron chi connectivity index (χ3n) is 1.65. The first kappa shape index (κ1) is 12.3. The molecule has 78 valence electrons. The Labute approximate surface area is 77.9 Å². The molecule has 13 heavy (non-hydrogen) atoms. The zero-order valence-corrected chi connectivity index (χ0v) is 7.70. The quantitative estimate of drug-likeness (QED) is 0.374. The summed E-state index contributed by atoms with van der Waals surface area (Å²) >= 11 is 0. The first-order valence-corrected chi connectivity index (χ1v) is 4.45. The standard InChI is InChI=1S/C8H18N2O3/c9-7(3-5-11)6-10-4-1-2-8(12)13/h7,10-11H,1-6,9H2,(H,12,13). The molecule has 0 heterocycles. The van der Waals surface area contributed by atoms with Crippen molar-refractivity contribution in [3.8, 4) is 0 Å². The fourth-order valence-electron chi connectivity index (χ4n) is 0.920. The van der Waals surface area contributed by atoms with E-state index in [0.717, 1.165) is 0 Å². The van der Waals surface area contributed by atoms with Crippen molar-refractivity contribution in [3.63, 3.8) is 0 Å². The molecule has 0 saturated carbocycles. The lowest BCUT2D eigenvalue weighted by molar-refractivity contribution is -0.137. The highest BCUT2D eigenvalue weighted by atomic mass is 16.4. The number of aliphatic hydroxyl groups is 1. The summed E-state index contributed by atoms with van der Waals surface area (Å²) in [5.41, 5.74) is 5.59. The van der Waals surface area contributed by atoms with Crippen LogP contribution in [-0.4, -0.2) is 41.9 Å². The van der Waals surface area contributed by atoms with E-state index in [1.807, 2.05) is 0 Å². The summed E-state index contributed by atoms with van der Waals surface area (Å²) in [6.45, 7) is 1.38. The number of nitrogens with one attached hydrogen (secondary N) is 1. The minimum atomic E-state index is -0.776. The second-order valence-corrected chi connectivity index (χ2v) is 2.97. The van der Waals surface area contributed by atoms with Gasteiger partial charge in [0.2, 0.25) is 0 Å². The van der Waals surface area contributed by atoms with Crippen molar-refractivity contribution < 1.29 is 15.0 Å². The van der Waals surface area contributed by atoms with Gasteiger partial charge in [-0.05, 0) is 19.4 Å². The Bertz CT molecular complexity index is 141. The molecule has 5 N–H and O–H groups in total. The molecule has 0 amide bonds. The molecule has 0 aromatic carbocycles. The average molecular weight is 190 g/mol. The highest BCUT2D eigenvalue weighted by Gasteiger charge is 2.00. The van der Waals surface area contributed by atoms with Gasteiger partial charge in [0.25, 0.3) is 0 Å². The molecule has 0 aliphatic rings. The molecule has 0 spiro atoms. The first-order valence-electron chi connectivity index (χ1n) is 4.45. The van der Waals surface area contributed by atoms with Crippen LogP contribution in [0.3, 0.4) is 0 Å². The van der Waals surface area contributed by atoms with Crippen LogP contribution in [0.15, 0.2) is 0 Å². The summed E-state index contributed by atoms with van der Waals surface area (Å²) in [7, 11) is 0. The van der Waals surface area contributed by atoms with Crippen LogP contribution < -0.4 is 11.1 Å². The van der Waals surface area contributed by atoms with Gasteiger partial charge >= 0.3 is 5.97 Å². The number of aliphatic hydroxyl groups excluding tert-OH is 1. The van der Waals surface area contributed by atoms with Gasteiger partial charge in [0, 0.05) is 25.6 Å². The number of carbonyl (C=O) groups is 1. The maximum absolute atomic E-state index is 10.1. The van der Waals surface area contributed by atoms with E-state index in [2.05, 4.69) is 5.32 Å². The van der Waals surface area contributed by atoms with Gasteiger partial charge in [0.15, 0.2) is 0 Å². The first-order chi connectivity index (χ1) is 6.16. The Hall–Kier alpha value is -0.650. The molecule has 5 nitrogen and oxygen atoms in total. The molecular weight excluding hydrogens is 172 g/mol. The van der Waals surface area contributed by atoms with E-state index in [9.17, 15) is 4.79 Å². The fourth-order valence-corrected chi connectivity index (χ4v) is 0.920. The molecule has 1 unspecified atom stereocenters. The molecule has 0 rings (SSSR count). The smallest absolute Gasteiger partial charge is 0.303 e. The van der Waals surface area contributed by atoms with Crippen molar-refractivity contribution in [2.45, 2.75) is 25.3 Å². The molecule has 0 bridgehead atoms. The number of nitrogens with two attached hydrogens (primary N) is 1. The number of carboxylic acid groups (broad SMARTS) is 1. The third kappa shape index (κ3) is 9.26. The van der Waals surface area contributed by atoms with Gasteiger partial charge in [-0.15, -0.1) is 0 Å². The maximum atomic E-state index is 10.1. The van der Waals surface area contributed by atoms with Gasteiger partial charge in [-0.25, -0.2) is 0 Å². The van der Waals surface area contributed by atoms with Crippen LogP contribution >= 0.6 is 0 Å². The molecule has 0 aliphatic carbocycles. The van der Waals surface area contributed by atoms with E-state index in [4.69, 9.17) is 15.9 Å².